The van der Waals surface area contributed by atoms with Gasteiger partial charge in [0.1, 0.15) is 0 Å². The molecule has 2 aliphatic heterocycles. The zero-order valence-corrected chi connectivity index (χ0v) is 23.5. The lowest BCUT2D eigenvalue weighted by atomic mass is 9.84. The van der Waals surface area contributed by atoms with Crippen LogP contribution in [0.2, 0.25) is 5.02 Å². The highest BCUT2D eigenvalue weighted by atomic mass is 35.5. The number of Topliss-reactive ketones (excluding diaryl/α,β-unsaturated/α-hetero) is 1. The van der Waals surface area contributed by atoms with E-state index in [1.54, 1.807) is 0 Å². The Morgan fingerprint density at radius 1 is 1.02 bits per heavy atom. The average molecular weight is 558 g/mol. The molecule has 208 valence electrons. The van der Waals surface area contributed by atoms with E-state index >= 15 is 0 Å². The number of hydrogen-bond donors (Lipinski definition) is 2. The van der Waals surface area contributed by atoms with Gasteiger partial charge in [-0.25, -0.2) is 9.50 Å². The molecule has 8 heteroatoms. The summed E-state index contributed by atoms with van der Waals surface area (Å²) in [6.45, 7) is 3.57. The third-order valence-electron chi connectivity index (χ3n) is 8.57. The van der Waals surface area contributed by atoms with Crippen molar-refractivity contribution in [3.8, 4) is 0 Å². The number of aromatic nitrogens is 3. The zero-order valence-electron chi connectivity index (χ0n) is 22.7. The molecule has 0 bridgehead atoms. The van der Waals surface area contributed by atoms with Crippen molar-refractivity contribution in [2.75, 3.05) is 31.1 Å². The van der Waals surface area contributed by atoms with Gasteiger partial charge >= 0.3 is 0 Å². The molecule has 0 amide bonds. The Bertz CT molecular complexity index is 1450. The van der Waals surface area contributed by atoms with Crippen LogP contribution in [0.1, 0.15) is 65.8 Å². The molecule has 4 aromatic rings. The van der Waals surface area contributed by atoms with Gasteiger partial charge in [0.15, 0.2) is 17.3 Å². The van der Waals surface area contributed by atoms with Crippen molar-refractivity contribution >= 4 is 28.7 Å². The van der Waals surface area contributed by atoms with Crippen molar-refractivity contribution in [3.05, 3.63) is 94.4 Å². The number of fused-ring (bicyclic) bond motifs is 1. The van der Waals surface area contributed by atoms with Crippen LogP contribution in [0.3, 0.4) is 0 Å². The van der Waals surface area contributed by atoms with Gasteiger partial charge in [0.25, 0.3) is 0 Å². The molecule has 0 unspecified atom stereocenters. The van der Waals surface area contributed by atoms with Gasteiger partial charge in [-0.05, 0) is 86.5 Å². The van der Waals surface area contributed by atoms with Crippen molar-refractivity contribution in [2.45, 2.75) is 50.5 Å². The van der Waals surface area contributed by atoms with Crippen LogP contribution < -0.4 is 10.2 Å². The van der Waals surface area contributed by atoms with Gasteiger partial charge in [0.2, 0.25) is 0 Å². The number of aliphatic hydroxyl groups is 1. The Hall–Kier alpha value is -3.26. The molecular formula is C32H36ClN5O2. The third kappa shape index (κ3) is 5.92. The topological polar surface area (TPSA) is 82.8 Å². The summed E-state index contributed by atoms with van der Waals surface area (Å²) in [6.07, 6.45) is 7.71. The maximum Gasteiger partial charge on any atom is 0.178 e. The monoisotopic (exact) mass is 557 g/mol. The highest BCUT2D eigenvalue weighted by Crippen LogP contribution is 2.36. The number of rotatable bonds is 8. The van der Waals surface area contributed by atoms with Crippen molar-refractivity contribution in [2.24, 2.45) is 5.92 Å². The maximum atomic E-state index is 12.7. The fourth-order valence-electron chi connectivity index (χ4n) is 6.07. The van der Waals surface area contributed by atoms with Crippen molar-refractivity contribution < 1.29 is 9.90 Å². The molecule has 0 atom stereocenters. The second-order valence-electron chi connectivity index (χ2n) is 11.2. The predicted octanol–water partition coefficient (Wildman–Crippen LogP) is 5.42. The summed E-state index contributed by atoms with van der Waals surface area (Å²) in [4.78, 5) is 19.9. The van der Waals surface area contributed by atoms with E-state index < -0.39 is 5.60 Å². The van der Waals surface area contributed by atoms with Gasteiger partial charge in [-0.3, -0.25) is 4.79 Å². The fraction of sp³-hybridized carbons (Fsp3) is 0.406. The SMILES string of the molecule is O=C(CCC1CCNCC1)c1ccc(Cc2nc3c(N4CCC(O)(c5ccc(Cl)cc5)CC4)cccn3n2)cc1. The Morgan fingerprint density at radius 3 is 2.48 bits per heavy atom. The van der Waals surface area contributed by atoms with Gasteiger partial charge in [-0.15, -0.1) is 0 Å². The number of pyridine rings is 1. The van der Waals surface area contributed by atoms with Crippen LogP contribution in [0.15, 0.2) is 66.9 Å². The molecule has 6 rings (SSSR count). The first-order valence-corrected chi connectivity index (χ1v) is 14.8. The quantitative estimate of drug-likeness (QED) is 0.281. The summed E-state index contributed by atoms with van der Waals surface area (Å²) in [5.41, 5.74) is 3.76. The van der Waals surface area contributed by atoms with E-state index in [1.165, 1.54) is 12.8 Å². The minimum Gasteiger partial charge on any atom is -0.385 e. The summed E-state index contributed by atoms with van der Waals surface area (Å²) in [5.74, 6) is 1.63. The van der Waals surface area contributed by atoms with Crippen LogP contribution in [0.25, 0.3) is 5.65 Å². The minimum absolute atomic E-state index is 0.227. The highest BCUT2D eigenvalue weighted by molar-refractivity contribution is 6.30. The van der Waals surface area contributed by atoms with Crippen LogP contribution in [0.5, 0.6) is 0 Å². The summed E-state index contributed by atoms with van der Waals surface area (Å²) in [6, 6.07) is 19.5. The molecule has 0 saturated carbocycles. The lowest BCUT2D eigenvalue weighted by Gasteiger charge is -2.39. The number of anilines is 1. The van der Waals surface area contributed by atoms with E-state index in [2.05, 4.69) is 16.3 Å². The number of piperidine rings is 2. The number of hydrogen-bond acceptors (Lipinski definition) is 6. The van der Waals surface area contributed by atoms with E-state index in [9.17, 15) is 9.90 Å². The van der Waals surface area contributed by atoms with Gasteiger partial charge in [0.05, 0.1) is 11.3 Å². The number of nitrogens with zero attached hydrogens (tertiary/aromatic N) is 4. The second-order valence-corrected chi connectivity index (χ2v) is 11.7. The molecule has 2 N–H and O–H groups in total. The first kappa shape index (κ1) is 26.9. The largest absolute Gasteiger partial charge is 0.385 e. The minimum atomic E-state index is -0.855. The van der Waals surface area contributed by atoms with E-state index in [0.717, 1.165) is 53.4 Å². The molecule has 40 heavy (non-hydrogen) atoms. The number of benzene rings is 2. The first-order chi connectivity index (χ1) is 19.5. The smallest absolute Gasteiger partial charge is 0.178 e. The molecule has 2 fully saturated rings. The Labute approximate surface area is 240 Å². The number of nitrogens with one attached hydrogen (secondary N) is 1. The summed E-state index contributed by atoms with van der Waals surface area (Å²) in [5, 5.41) is 20.1. The molecular weight excluding hydrogens is 522 g/mol. The Kier molecular flexibility index (Phi) is 7.87. The third-order valence-corrected chi connectivity index (χ3v) is 8.83. The molecule has 0 spiro atoms. The lowest BCUT2D eigenvalue weighted by Crippen LogP contribution is -2.42. The number of carbonyl (C=O) groups excluding carboxylic acids is 1. The van der Waals surface area contributed by atoms with E-state index in [4.69, 9.17) is 21.7 Å². The molecule has 4 heterocycles. The number of carbonyl (C=O) groups is 1. The van der Waals surface area contributed by atoms with Crippen LogP contribution in [-0.2, 0) is 12.0 Å². The molecule has 2 saturated heterocycles. The molecule has 2 aliphatic rings. The van der Waals surface area contributed by atoms with Gasteiger partial charge in [-0.2, -0.15) is 5.10 Å². The van der Waals surface area contributed by atoms with Crippen molar-refractivity contribution in [3.63, 3.8) is 0 Å². The predicted molar refractivity (Wildman–Crippen MR) is 158 cm³/mol. The fourth-order valence-corrected chi connectivity index (χ4v) is 6.19. The van der Waals surface area contributed by atoms with Gasteiger partial charge in [-0.1, -0.05) is 48.0 Å². The Balaban J connectivity index is 1.10. The lowest BCUT2D eigenvalue weighted by molar-refractivity contribution is 0.0118. The average Bonchev–Trinajstić information content (AvgIpc) is 3.40. The van der Waals surface area contributed by atoms with Crippen molar-refractivity contribution in [1.82, 2.24) is 19.9 Å². The van der Waals surface area contributed by atoms with E-state index in [1.807, 2.05) is 65.3 Å². The second kappa shape index (κ2) is 11.7. The molecule has 2 aromatic heterocycles. The van der Waals surface area contributed by atoms with Crippen LogP contribution in [-0.4, -0.2) is 51.7 Å². The Morgan fingerprint density at radius 2 is 1.75 bits per heavy atom. The summed E-state index contributed by atoms with van der Waals surface area (Å²) >= 11 is 6.04. The number of halogens is 1. The summed E-state index contributed by atoms with van der Waals surface area (Å²) < 4.78 is 1.84. The first-order valence-electron chi connectivity index (χ1n) is 14.4. The van der Waals surface area contributed by atoms with E-state index in [0.29, 0.717) is 49.7 Å². The molecule has 0 radical (unpaired) electrons. The zero-order chi connectivity index (χ0) is 27.5. The van der Waals surface area contributed by atoms with Crippen LogP contribution in [0, 0.1) is 5.92 Å². The van der Waals surface area contributed by atoms with Crippen molar-refractivity contribution in [1.29, 1.82) is 0 Å². The van der Waals surface area contributed by atoms with Crippen LogP contribution >= 0.6 is 11.6 Å². The normalized spacial score (nSPS) is 17.8. The summed E-state index contributed by atoms with van der Waals surface area (Å²) in [7, 11) is 0. The highest BCUT2D eigenvalue weighted by Gasteiger charge is 2.34. The van der Waals surface area contributed by atoms with Gasteiger partial charge < -0.3 is 15.3 Å². The van der Waals surface area contributed by atoms with Crippen LogP contribution in [0.4, 0.5) is 5.69 Å². The van der Waals surface area contributed by atoms with E-state index in [-0.39, 0.29) is 5.78 Å². The molecule has 7 nitrogen and oxygen atoms in total. The number of ketones is 1. The standard InChI is InChI=1S/C32H36ClN5O2/c33-27-10-8-26(9-11-27)32(40)15-20-37(21-16-32)28-2-1-19-38-31(28)35-30(36-38)22-24-3-6-25(7-4-24)29(39)12-5-23-13-17-34-18-14-23/h1-4,6-11,19,23,34,40H,5,12-18,20-22H2. The van der Waals surface area contributed by atoms with Gasteiger partial charge in [0, 0.05) is 42.7 Å². The molecule has 2 aromatic carbocycles. The maximum absolute atomic E-state index is 12.7. The molecule has 0 aliphatic carbocycles.